The van der Waals surface area contributed by atoms with E-state index >= 15 is 0 Å². The molecule has 9 aromatic carbocycles. The first-order valence-corrected chi connectivity index (χ1v) is 21.4. The molecule has 12 rings (SSSR count). The average Bonchev–Trinajstić information content (AvgIpc) is 3.71. The zero-order valence-electron chi connectivity index (χ0n) is 34.2. The van der Waals surface area contributed by atoms with Gasteiger partial charge in [0.1, 0.15) is 0 Å². The minimum absolute atomic E-state index is 0.698. The van der Waals surface area contributed by atoms with E-state index in [1.165, 1.54) is 32.8 Å². The van der Waals surface area contributed by atoms with Gasteiger partial charge in [-0.2, -0.15) is 0 Å². The molecule has 63 heavy (non-hydrogen) atoms. The normalized spacial score (nSPS) is 11.5. The number of hydrogen-bond donors (Lipinski definition) is 0. The van der Waals surface area contributed by atoms with Gasteiger partial charge in [-0.1, -0.05) is 188 Å². The first-order valence-electron chi connectivity index (χ1n) is 21.4. The van der Waals surface area contributed by atoms with Gasteiger partial charge in [-0.15, -0.1) is 0 Å². The smallest absolute Gasteiger partial charge is 0.160 e. The van der Waals surface area contributed by atoms with Crippen LogP contribution < -0.4 is 0 Å². The van der Waals surface area contributed by atoms with Crippen molar-refractivity contribution in [3.8, 4) is 73.1 Å². The third kappa shape index (κ3) is 6.44. The van der Waals surface area contributed by atoms with E-state index in [1.807, 2.05) is 24.3 Å². The number of benzene rings is 9. The van der Waals surface area contributed by atoms with Crippen LogP contribution >= 0.6 is 0 Å². The van der Waals surface area contributed by atoms with Crippen molar-refractivity contribution in [1.29, 1.82) is 0 Å². The summed E-state index contributed by atoms with van der Waals surface area (Å²) in [6, 6.07) is 81.4. The van der Waals surface area contributed by atoms with Crippen molar-refractivity contribution in [2.45, 2.75) is 0 Å². The monoisotopic (exact) mass is 802 g/mol. The van der Waals surface area contributed by atoms with Crippen LogP contribution in [0.3, 0.4) is 0 Å². The average molecular weight is 803 g/mol. The van der Waals surface area contributed by atoms with Crippen LogP contribution in [0.2, 0.25) is 0 Å². The molecule has 0 bridgehead atoms. The van der Waals surface area contributed by atoms with Crippen molar-refractivity contribution in [3.63, 3.8) is 0 Å². The summed E-state index contributed by atoms with van der Waals surface area (Å²) < 4.78 is 2.38. The summed E-state index contributed by atoms with van der Waals surface area (Å²) in [6.07, 6.45) is 0. The molecule has 12 aromatic rings. The molecule has 0 N–H and O–H groups in total. The van der Waals surface area contributed by atoms with Gasteiger partial charge in [0.05, 0.1) is 33.6 Å². The summed E-state index contributed by atoms with van der Waals surface area (Å²) >= 11 is 0. The number of para-hydroxylation sites is 2. The summed E-state index contributed by atoms with van der Waals surface area (Å²) in [7, 11) is 0. The summed E-state index contributed by atoms with van der Waals surface area (Å²) in [6.45, 7) is 0. The zero-order valence-corrected chi connectivity index (χ0v) is 34.2. The minimum atomic E-state index is 0.698. The highest BCUT2D eigenvalue weighted by Gasteiger charge is 2.20. The van der Waals surface area contributed by atoms with Crippen LogP contribution in [0, 0.1) is 0 Å². The number of rotatable bonds is 7. The molecule has 0 aliphatic rings. The predicted octanol–water partition coefficient (Wildman–Crippen LogP) is 15.3. The molecule has 0 fully saturated rings. The molecule has 0 saturated heterocycles. The first kappa shape index (κ1) is 36.4. The van der Waals surface area contributed by atoms with Crippen LogP contribution in [0.15, 0.2) is 231 Å². The Morgan fingerprint density at radius 3 is 1.44 bits per heavy atom. The Labute approximate surface area is 365 Å². The predicted molar refractivity (Wildman–Crippen MR) is 262 cm³/mol. The van der Waals surface area contributed by atoms with Crippen LogP contribution in [0.1, 0.15) is 0 Å². The van der Waals surface area contributed by atoms with E-state index in [0.29, 0.717) is 5.82 Å². The highest BCUT2D eigenvalue weighted by atomic mass is 15.0. The molecule has 0 saturated carbocycles. The minimum Gasteiger partial charge on any atom is -0.309 e. The lowest BCUT2D eigenvalue weighted by molar-refractivity contribution is 1.18. The maximum absolute atomic E-state index is 5.46. The maximum Gasteiger partial charge on any atom is 0.160 e. The van der Waals surface area contributed by atoms with E-state index < -0.39 is 0 Å². The fraction of sp³-hybridized carbons (Fsp3) is 0. The van der Waals surface area contributed by atoms with E-state index in [2.05, 4.69) is 211 Å². The van der Waals surface area contributed by atoms with Crippen LogP contribution in [-0.4, -0.2) is 19.5 Å². The van der Waals surface area contributed by atoms with Gasteiger partial charge in [0.25, 0.3) is 0 Å². The third-order valence-electron chi connectivity index (χ3n) is 12.2. The van der Waals surface area contributed by atoms with Crippen molar-refractivity contribution in [3.05, 3.63) is 231 Å². The number of nitrogens with zero attached hydrogens (tertiary/aromatic N) is 4. The van der Waals surface area contributed by atoms with Crippen molar-refractivity contribution in [2.24, 2.45) is 0 Å². The van der Waals surface area contributed by atoms with E-state index in [4.69, 9.17) is 15.0 Å². The Kier molecular flexibility index (Phi) is 8.79. The van der Waals surface area contributed by atoms with E-state index in [-0.39, 0.29) is 0 Å². The molecule has 0 aliphatic carbocycles. The van der Waals surface area contributed by atoms with Crippen LogP contribution in [-0.2, 0) is 0 Å². The first-order chi connectivity index (χ1) is 31.2. The van der Waals surface area contributed by atoms with Gasteiger partial charge in [0.2, 0.25) is 0 Å². The van der Waals surface area contributed by atoms with Crippen molar-refractivity contribution in [1.82, 2.24) is 19.5 Å². The molecule has 0 atom stereocenters. The van der Waals surface area contributed by atoms with Crippen molar-refractivity contribution in [2.75, 3.05) is 0 Å². The lowest BCUT2D eigenvalue weighted by Gasteiger charge is -2.14. The van der Waals surface area contributed by atoms with Gasteiger partial charge < -0.3 is 4.57 Å². The lowest BCUT2D eigenvalue weighted by Crippen LogP contribution is -1.96. The Morgan fingerprint density at radius 1 is 0.286 bits per heavy atom. The Bertz CT molecular complexity index is 3620. The highest BCUT2D eigenvalue weighted by molar-refractivity contribution is 6.28. The molecular weight excluding hydrogens is 765 g/mol. The standard InChI is InChI=1S/C59H38N4/c1-5-15-39(16-6-1)40-25-29-42(30-26-40)52-38-53(62-59(61-52)45-19-9-3-10-20-45)43-31-27-41(28-32-43)46-33-35-51-50(37-46)48-34-36-55-56(57(48)58(60-51)44-17-7-2-8-18-44)49-23-13-14-24-54(49)63(55)47-21-11-4-12-22-47/h1-38H. The molecule has 4 nitrogen and oxygen atoms in total. The Balaban J connectivity index is 0.983. The largest absolute Gasteiger partial charge is 0.309 e. The molecule has 0 spiro atoms. The van der Waals surface area contributed by atoms with Gasteiger partial charge in [0, 0.05) is 49.5 Å². The molecule has 0 unspecified atom stereocenters. The number of hydrogen-bond acceptors (Lipinski definition) is 3. The van der Waals surface area contributed by atoms with Crippen LogP contribution in [0.4, 0.5) is 0 Å². The molecule has 3 heterocycles. The van der Waals surface area contributed by atoms with Crippen LogP contribution in [0.25, 0.3) is 117 Å². The molecule has 294 valence electrons. The van der Waals surface area contributed by atoms with Gasteiger partial charge >= 0.3 is 0 Å². The molecular formula is C59H38N4. The molecule has 0 radical (unpaired) electrons. The summed E-state index contributed by atoms with van der Waals surface area (Å²) in [5.41, 5.74) is 15.9. The second kappa shape index (κ2) is 15.2. The molecule has 0 aliphatic heterocycles. The number of fused-ring (bicyclic) bond motifs is 7. The molecule has 0 amide bonds. The van der Waals surface area contributed by atoms with Crippen molar-refractivity contribution < 1.29 is 0 Å². The fourth-order valence-corrected chi connectivity index (χ4v) is 9.15. The van der Waals surface area contributed by atoms with Gasteiger partial charge in [-0.25, -0.2) is 15.0 Å². The number of aromatic nitrogens is 4. The zero-order chi connectivity index (χ0) is 41.7. The summed E-state index contributed by atoms with van der Waals surface area (Å²) in [4.78, 5) is 15.7. The van der Waals surface area contributed by atoms with Gasteiger partial charge in [0.15, 0.2) is 5.82 Å². The van der Waals surface area contributed by atoms with Crippen molar-refractivity contribution >= 4 is 43.5 Å². The van der Waals surface area contributed by atoms with E-state index in [9.17, 15) is 0 Å². The van der Waals surface area contributed by atoms with Gasteiger partial charge in [-0.05, 0) is 70.1 Å². The highest BCUT2D eigenvalue weighted by Crippen LogP contribution is 2.43. The Morgan fingerprint density at radius 2 is 0.794 bits per heavy atom. The van der Waals surface area contributed by atoms with Gasteiger partial charge in [-0.3, -0.25) is 0 Å². The molecule has 4 heteroatoms. The fourth-order valence-electron chi connectivity index (χ4n) is 9.15. The summed E-state index contributed by atoms with van der Waals surface area (Å²) in [5, 5.41) is 5.88. The third-order valence-corrected chi connectivity index (χ3v) is 12.2. The quantitative estimate of drug-likeness (QED) is 0.151. The number of pyridine rings is 1. The topological polar surface area (TPSA) is 43.6 Å². The Hall–Kier alpha value is -8.47. The second-order valence-corrected chi connectivity index (χ2v) is 16.0. The second-order valence-electron chi connectivity index (χ2n) is 16.0. The molecule has 3 aromatic heterocycles. The van der Waals surface area contributed by atoms with E-state index in [0.717, 1.165) is 78.0 Å². The lowest BCUT2D eigenvalue weighted by atomic mass is 9.94. The summed E-state index contributed by atoms with van der Waals surface area (Å²) in [5.74, 6) is 0.698. The van der Waals surface area contributed by atoms with Crippen LogP contribution in [0.5, 0.6) is 0 Å². The van der Waals surface area contributed by atoms with E-state index in [1.54, 1.807) is 0 Å². The SMILES string of the molecule is c1ccc(-c2ccc(-c3cc(-c4ccc(-c5ccc6nc(-c7ccccc7)c7c(ccc8c7c7ccccc7n8-c7ccccc7)c6c5)cc4)nc(-c4ccccc4)n3)cc2)cc1. The maximum atomic E-state index is 5.46.